The average Bonchev–Trinajstić information content (AvgIpc) is 2.47. The van der Waals surface area contributed by atoms with Gasteiger partial charge in [-0.25, -0.2) is 4.98 Å². The third-order valence-corrected chi connectivity index (χ3v) is 2.48. The van der Waals surface area contributed by atoms with Gasteiger partial charge < -0.3 is 0 Å². The molecule has 0 aliphatic rings. The lowest BCUT2D eigenvalue weighted by Crippen LogP contribution is -1.74. The standard InChI is InChI=1S/C9H6BrNS/c10-8-3-1-7(2-4-8)9-5-12-6-11-9/h1-6H/i5D,6D. The fourth-order valence-electron chi connectivity index (χ4n) is 0.894. The van der Waals surface area contributed by atoms with E-state index < -0.39 is 0 Å². The predicted octanol–water partition coefficient (Wildman–Crippen LogP) is 3.57. The van der Waals surface area contributed by atoms with Gasteiger partial charge in [-0.05, 0) is 12.1 Å². The number of hydrogen-bond donors (Lipinski definition) is 0. The normalized spacial score (nSPS) is 12.4. The van der Waals surface area contributed by atoms with Crippen molar-refractivity contribution in [2.24, 2.45) is 0 Å². The van der Waals surface area contributed by atoms with Gasteiger partial charge in [0.05, 0.1) is 13.9 Å². The second-order valence-corrected chi connectivity index (χ2v) is 3.77. The molecule has 0 radical (unpaired) electrons. The maximum atomic E-state index is 7.61. The van der Waals surface area contributed by atoms with Crippen LogP contribution in [-0.4, -0.2) is 4.98 Å². The lowest BCUT2D eigenvalue weighted by molar-refractivity contribution is 1.41. The van der Waals surface area contributed by atoms with Crippen molar-refractivity contribution in [3.63, 3.8) is 0 Å². The molecule has 1 aromatic heterocycles. The number of rotatable bonds is 1. The molecule has 0 fully saturated rings. The third-order valence-electron chi connectivity index (χ3n) is 1.47. The van der Waals surface area contributed by atoms with Crippen molar-refractivity contribution in [1.29, 1.82) is 0 Å². The van der Waals surface area contributed by atoms with E-state index in [1.54, 1.807) is 0 Å². The van der Waals surface area contributed by atoms with Crippen LogP contribution in [0.1, 0.15) is 2.74 Å². The van der Waals surface area contributed by atoms with Crippen LogP contribution >= 0.6 is 27.3 Å². The number of halogens is 1. The summed E-state index contributed by atoms with van der Waals surface area (Å²) in [5.74, 6) is 0. The van der Waals surface area contributed by atoms with Gasteiger partial charge in [0.2, 0.25) is 0 Å². The van der Waals surface area contributed by atoms with E-state index in [0.29, 0.717) is 11.1 Å². The quantitative estimate of drug-likeness (QED) is 0.744. The van der Waals surface area contributed by atoms with Gasteiger partial charge in [0.25, 0.3) is 0 Å². The molecular weight excluding hydrogens is 234 g/mol. The average molecular weight is 242 g/mol. The maximum absolute atomic E-state index is 7.61. The summed E-state index contributed by atoms with van der Waals surface area (Å²) in [6.07, 6.45) is 0. The molecule has 1 heterocycles. The first-order valence-corrected chi connectivity index (χ1v) is 4.98. The van der Waals surface area contributed by atoms with Crippen molar-refractivity contribution in [1.82, 2.24) is 4.98 Å². The van der Waals surface area contributed by atoms with Gasteiger partial charge in [0.1, 0.15) is 0 Å². The summed E-state index contributed by atoms with van der Waals surface area (Å²) in [4.78, 5) is 3.99. The first kappa shape index (κ1) is 5.89. The Labute approximate surface area is 86.0 Å². The smallest absolute Gasteiger partial charge is 0.0960 e. The summed E-state index contributed by atoms with van der Waals surface area (Å²) in [5.41, 5.74) is 1.66. The zero-order chi connectivity index (χ0) is 10.1. The summed E-state index contributed by atoms with van der Waals surface area (Å²) in [5, 5.41) is 0.345. The highest BCUT2D eigenvalue weighted by atomic mass is 79.9. The van der Waals surface area contributed by atoms with Crippen LogP contribution in [0, 0.1) is 0 Å². The van der Waals surface area contributed by atoms with Gasteiger partial charge in [0.15, 0.2) is 0 Å². The minimum atomic E-state index is 0.188. The van der Waals surface area contributed by atoms with Crippen molar-refractivity contribution in [2.45, 2.75) is 0 Å². The van der Waals surface area contributed by atoms with E-state index in [4.69, 9.17) is 2.74 Å². The van der Waals surface area contributed by atoms with Gasteiger partial charge in [-0.1, -0.05) is 28.1 Å². The summed E-state index contributed by atoms with van der Waals surface area (Å²) < 4.78 is 15.9. The molecule has 0 atom stereocenters. The number of hydrogen-bond acceptors (Lipinski definition) is 2. The van der Waals surface area contributed by atoms with E-state index in [1.807, 2.05) is 24.3 Å². The third kappa shape index (κ3) is 1.57. The highest BCUT2D eigenvalue weighted by Crippen LogP contribution is 2.20. The molecule has 0 aliphatic heterocycles. The molecule has 12 heavy (non-hydrogen) atoms. The second kappa shape index (κ2) is 3.37. The van der Waals surface area contributed by atoms with Gasteiger partial charge in [0, 0.05) is 15.4 Å². The second-order valence-electron chi connectivity index (χ2n) is 2.26. The maximum Gasteiger partial charge on any atom is 0.0960 e. The number of benzene rings is 1. The molecule has 1 aromatic carbocycles. The molecule has 0 aliphatic carbocycles. The Morgan fingerprint density at radius 2 is 2.08 bits per heavy atom. The van der Waals surface area contributed by atoms with Crippen molar-refractivity contribution >= 4 is 27.3 Å². The van der Waals surface area contributed by atoms with Gasteiger partial charge >= 0.3 is 0 Å². The molecule has 3 heteroatoms. The Morgan fingerprint density at radius 3 is 2.67 bits per heavy atom. The topological polar surface area (TPSA) is 12.9 Å². The van der Waals surface area contributed by atoms with Crippen LogP contribution in [0.15, 0.2) is 39.6 Å². The van der Waals surface area contributed by atoms with Crippen molar-refractivity contribution in [2.75, 3.05) is 0 Å². The van der Waals surface area contributed by atoms with Crippen LogP contribution in [-0.2, 0) is 0 Å². The zero-order valence-corrected chi connectivity index (χ0v) is 8.45. The highest BCUT2D eigenvalue weighted by Gasteiger charge is 1.97. The Bertz CT molecular complexity index is 452. The Kier molecular flexibility index (Phi) is 1.65. The molecule has 0 N–H and O–H groups in total. The first-order chi connectivity index (χ1) is 6.66. The van der Waals surface area contributed by atoms with Crippen LogP contribution < -0.4 is 0 Å². The zero-order valence-electron chi connectivity index (χ0n) is 8.04. The minimum Gasteiger partial charge on any atom is -0.245 e. The van der Waals surface area contributed by atoms with Crippen LogP contribution in [0.25, 0.3) is 11.3 Å². The van der Waals surface area contributed by atoms with Gasteiger partial charge in [-0.3, -0.25) is 0 Å². The molecule has 1 nitrogen and oxygen atoms in total. The van der Waals surface area contributed by atoms with Crippen LogP contribution in [0.3, 0.4) is 0 Å². The van der Waals surface area contributed by atoms with Gasteiger partial charge in [-0.15, -0.1) is 11.3 Å². The molecule has 60 valence electrons. The Hall–Kier alpha value is -0.670. The van der Waals surface area contributed by atoms with Gasteiger partial charge in [-0.2, -0.15) is 0 Å². The van der Waals surface area contributed by atoms with Crippen LogP contribution in [0.4, 0.5) is 0 Å². The van der Waals surface area contributed by atoms with Crippen LogP contribution in [0.5, 0.6) is 0 Å². The number of thiazole rings is 1. The predicted molar refractivity (Wildman–Crippen MR) is 55.3 cm³/mol. The molecule has 0 unspecified atom stereocenters. The van der Waals surface area contributed by atoms with Crippen molar-refractivity contribution < 1.29 is 2.74 Å². The molecule has 2 rings (SSSR count). The van der Waals surface area contributed by atoms with E-state index >= 15 is 0 Å². The van der Waals surface area contributed by atoms with Crippen molar-refractivity contribution in [3.8, 4) is 11.3 Å². The molecule has 0 bridgehead atoms. The summed E-state index contributed by atoms with van der Waals surface area (Å²) in [6.45, 7) is 0. The summed E-state index contributed by atoms with van der Waals surface area (Å²) in [6, 6.07) is 7.57. The Morgan fingerprint density at radius 1 is 1.33 bits per heavy atom. The highest BCUT2D eigenvalue weighted by molar-refractivity contribution is 9.10. The van der Waals surface area contributed by atoms with E-state index in [-0.39, 0.29) is 5.49 Å². The van der Waals surface area contributed by atoms with E-state index in [0.717, 1.165) is 21.4 Å². The lowest BCUT2D eigenvalue weighted by Gasteiger charge is -1.95. The van der Waals surface area contributed by atoms with Crippen molar-refractivity contribution in [3.05, 3.63) is 39.6 Å². The fourth-order valence-corrected chi connectivity index (χ4v) is 1.60. The SMILES string of the molecule is [2H]c1nc(-c2ccc(Br)cc2)c([2H])s1. The molecular formula is C9H6BrNS. The summed E-state index contributed by atoms with van der Waals surface area (Å²) in [7, 11) is 0. The lowest BCUT2D eigenvalue weighted by atomic mass is 10.2. The van der Waals surface area contributed by atoms with E-state index in [2.05, 4.69) is 20.9 Å². The molecule has 0 saturated carbocycles. The Balaban J connectivity index is 2.49. The largest absolute Gasteiger partial charge is 0.245 e. The minimum absolute atomic E-state index is 0.188. The molecule has 0 saturated heterocycles. The van der Waals surface area contributed by atoms with Crippen LogP contribution in [0.2, 0.25) is 0 Å². The first-order valence-electron chi connectivity index (χ1n) is 4.37. The molecule has 2 aromatic rings. The molecule has 0 amide bonds. The monoisotopic (exact) mass is 241 g/mol. The number of aromatic nitrogens is 1. The van der Waals surface area contributed by atoms with E-state index in [9.17, 15) is 0 Å². The van der Waals surface area contributed by atoms with E-state index in [1.165, 1.54) is 0 Å². The number of nitrogens with zero attached hydrogens (tertiary/aromatic N) is 1. The molecule has 0 spiro atoms. The summed E-state index contributed by atoms with van der Waals surface area (Å²) >= 11 is 4.42. The fraction of sp³-hybridized carbons (Fsp3) is 0.